The van der Waals surface area contributed by atoms with Crippen molar-refractivity contribution >= 4 is 27.3 Å². The molecule has 0 fully saturated rings. The maximum atomic E-state index is 14.2. The number of halogens is 4. The maximum absolute atomic E-state index is 14.2. The van der Waals surface area contributed by atoms with Gasteiger partial charge in [0.15, 0.2) is 9.84 Å². The fraction of sp³-hybridized carbons (Fsp3) is 0.391. The van der Waals surface area contributed by atoms with Crippen molar-refractivity contribution in [1.82, 2.24) is 4.90 Å². The highest BCUT2D eigenvalue weighted by Gasteiger charge is 2.48. The Hall–Kier alpha value is -2.61. The average molecular weight is 516 g/mol. The molecule has 2 aromatic rings. The van der Waals surface area contributed by atoms with Gasteiger partial charge in [-0.1, -0.05) is 55.8 Å². The molecule has 0 saturated heterocycles. The molecule has 0 aliphatic heterocycles. The molecular formula is C23H25ClF3N3O3S. The monoisotopic (exact) mass is 515 g/mol. The topological polar surface area (TPSA) is 104 Å². The van der Waals surface area contributed by atoms with E-state index in [1.54, 1.807) is 19.9 Å². The van der Waals surface area contributed by atoms with Gasteiger partial charge in [-0.3, -0.25) is 9.69 Å². The van der Waals surface area contributed by atoms with Crippen LogP contribution in [0.15, 0.2) is 47.4 Å². The minimum absolute atomic E-state index is 0.0183. The molecule has 0 radical (unpaired) electrons. The molecule has 0 spiro atoms. The molecule has 0 saturated carbocycles. The number of primary amides is 1. The first-order chi connectivity index (χ1) is 15.7. The van der Waals surface area contributed by atoms with Crippen LogP contribution in [-0.4, -0.2) is 44.2 Å². The molecule has 0 heterocycles. The van der Waals surface area contributed by atoms with E-state index in [0.717, 1.165) is 11.2 Å². The summed E-state index contributed by atoms with van der Waals surface area (Å²) >= 11 is 6.22. The summed E-state index contributed by atoms with van der Waals surface area (Å²) < 4.78 is 66.0. The number of carbonyl (C=O) groups excluding carboxylic acids is 1. The normalized spacial score (nSPS) is 14.1. The predicted molar refractivity (Wildman–Crippen MR) is 124 cm³/mol. The van der Waals surface area contributed by atoms with Gasteiger partial charge in [0, 0.05) is 16.8 Å². The molecule has 34 heavy (non-hydrogen) atoms. The highest BCUT2D eigenvalue weighted by Crippen LogP contribution is 2.40. The van der Waals surface area contributed by atoms with E-state index in [1.807, 2.05) is 0 Å². The van der Waals surface area contributed by atoms with Gasteiger partial charge in [-0.05, 0) is 35.6 Å². The summed E-state index contributed by atoms with van der Waals surface area (Å²) in [6.45, 7) is 2.85. The highest BCUT2D eigenvalue weighted by atomic mass is 35.5. The highest BCUT2D eigenvalue weighted by molar-refractivity contribution is 7.90. The molecular weight excluding hydrogens is 491 g/mol. The van der Waals surface area contributed by atoms with E-state index < -0.39 is 40.5 Å². The standard InChI is InChI=1S/C23H25ClF3N3O3S/c1-14(2)12-20(22(29)31)30(11-10-28)21(23(25,26)27)16-6-4-15(5-7-16)18-9-8-17(13-19(18)24)34(3,32)33/h4-9,13-14,20-21H,11-12H2,1-3H3,(H2,29,31)/t20-,21-/m0/s1. The molecule has 0 aromatic heterocycles. The van der Waals surface area contributed by atoms with Crippen LogP contribution in [0.5, 0.6) is 0 Å². The summed E-state index contributed by atoms with van der Waals surface area (Å²) in [5.41, 5.74) is 6.15. The second-order valence-electron chi connectivity index (χ2n) is 8.36. The van der Waals surface area contributed by atoms with Gasteiger partial charge in [0.1, 0.15) is 6.04 Å². The number of nitrogens with zero attached hydrogens (tertiary/aromatic N) is 2. The number of alkyl halides is 3. The van der Waals surface area contributed by atoms with Crippen LogP contribution in [0, 0.1) is 17.2 Å². The first kappa shape index (κ1) is 27.6. The minimum Gasteiger partial charge on any atom is -0.368 e. The number of rotatable bonds is 9. The Balaban J connectivity index is 2.53. The number of carbonyl (C=O) groups is 1. The molecule has 0 bridgehead atoms. The first-order valence-corrected chi connectivity index (χ1v) is 12.5. The Kier molecular flexibility index (Phi) is 8.75. The van der Waals surface area contributed by atoms with Crippen LogP contribution in [0.3, 0.4) is 0 Å². The smallest absolute Gasteiger partial charge is 0.368 e. The zero-order valence-electron chi connectivity index (χ0n) is 18.8. The quantitative estimate of drug-likeness (QED) is 0.486. The SMILES string of the molecule is CC(C)C[C@@H](C(N)=O)N(CC#N)[C@@H](c1ccc(-c2ccc(S(C)(=O)=O)cc2Cl)cc1)C(F)(F)F. The molecule has 2 atom stereocenters. The third kappa shape index (κ3) is 6.72. The van der Waals surface area contributed by atoms with Crippen LogP contribution < -0.4 is 5.73 Å². The third-order valence-electron chi connectivity index (χ3n) is 5.22. The van der Waals surface area contributed by atoms with Crippen molar-refractivity contribution in [3.05, 3.63) is 53.1 Å². The lowest BCUT2D eigenvalue weighted by atomic mass is 9.95. The predicted octanol–water partition coefficient (Wildman–Crippen LogP) is 4.74. The van der Waals surface area contributed by atoms with E-state index >= 15 is 0 Å². The number of amides is 1. The summed E-state index contributed by atoms with van der Waals surface area (Å²) in [6, 6.07) is 7.62. The van der Waals surface area contributed by atoms with Crippen LogP contribution in [-0.2, 0) is 14.6 Å². The van der Waals surface area contributed by atoms with Crippen LogP contribution in [0.1, 0.15) is 31.9 Å². The zero-order chi connectivity index (χ0) is 25.8. The largest absolute Gasteiger partial charge is 0.408 e. The number of hydrogen-bond acceptors (Lipinski definition) is 5. The van der Waals surface area contributed by atoms with Crippen molar-refractivity contribution in [3.8, 4) is 17.2 Å². The lowest BCUT2D eigenvalue weighted by molar-refractivity contribution is -0.192. The van der Waals surface area contributed by atoms with Crippen molar-refractivity contribution in [2.45, 2.75) is 43.4 Å². The summed E-state index contributed by atoms with van der Waals surface area (Å²) in [6.07, 6.45) is -3.70. The van der Waals surface area contributed by atoms with Crippen LogP contribution in [0.2, 0.25) is 5.02 Å². The van der Waals surface area contributed by atoms with E-state index in [1.165, 1.54) is 42.5 Å². The third-order valence-corrected chi connectivity index (χ3v) is 6.65. The van der Waals surface area contributed by atoms with Crippen molar-refractivity contribution in [3.63, 3.8) is 0 Å². The van der Waals surface area contributed by atoms with E-state index in [0.29, 0.717) is 11.1 Å². The number of nitriles is 1. The molecule has 184 valence electrons. The van der Waals surface area contributed by atoms with Gasteiger partial charge in [0.2, 0.25) is 5.91 Å². The molecule has 2 aromatic carbocycles. The fourth-order valence-electron chi connectivity index (χ4n) is 3.70. The molecule has 6 nitrogen and oxygen atoms in total. The first-order valence-electron chi connectivity index (χ1n) is 10.3. The van der Waals surface area contributed by atoms with E-state index in [-0.39, 0.29) is 27.8 Å². The fourth-order valence-corrected chi connectivity index (χ4v) is 4.70. The molecule has 0 aliphatic rings. The number of benzene rings is 2. The van der Waals surface area contributed by atoms with E-state index in [2.05, 4.69) is 0 Å². The molecule has 1 amide bonds. The Morgan fingerprint density at radius 2 is 1.76 bits per heavy atom. The van der Waals surface area contributed by atoms with E-state index in [9.17, 15) is 31.6 Å². The molecule has 2 rings (SSSR count). The number of nitrogens with two attached hydrogens (primary N) is 1. The van der Waals surface area contributed by atoms with Gasteiger partial charge in [-0.15, -0.1) is 0 Å². The number of hydrogen-bond donors (Lipinski definition) is 1. The van der Waals surface area contributed by atoms with Gasteiger partial charge < -0.3 is 5.73 Å². The Bertz CT molecular complexity index is 1180. The van der Waals surface area contributed by atoms with Crippen molar-refractivity contribution in [2.75, 3.05) is 12.8 Å². The van der Waals surface area contributed by atoms with Crippen molar-refractivity contribution in [1.29, 1.82) is 5.26 Å². The van der Waals surface area contributed by atoms with Crippen molar-refractivity contribution in [2.24, 2.45) is 11.7 Å². The minimum atomic E-state index is -4.79. The number of sulfone groups is 1. The Morgan fingerprint density at radius 1 is 1.18 bits per heavy atom. The van der Waals surface area contributed by atoms with E-state index in [4.69, 9.17) is 17.3 Å². The second-order valence-corrected chi connectivity index (χ2v) is 10.8. The Labute approximate surface area is 202 Å². The summed E-state index contributed by atoms with van der Waals surface area (Å²) in [5, 5.41) is 9.32. The van der Waals surface area contributed by atoms with Crippen LogP contribution >= 0.6 is 11.6 Å². The summed E-state index contributed by atoms with van der Waals surface area (Å²) in [5.74, 6) is -1.07. The van der Waals surface area contributed by atoms with Gasteiger partial charge in [0.05, 0.1) is 23.6 Å². The molecule has 0 aliphatic carbocycles. The molecule has 0 unspecified atom stereocenters. The van der Waals surface area contributed by atoms with Crippen LogP contribution in [0.25, 0.3) is 11.1 Å². The Morgan fingerprint density at radius 3 is 2.18 bits per heavy atom. The van der Waals surface area contributed by atoms with Gasteiger partial charge in [-0.25, -0.2) is 8.42 Å². The summed E-state index contributed by atoms with van der Waals surface area (Å²) in [4.78, 5) is 12.8. The van der Waals surface area contributed by atoms with Gasteiger partial charge in [-0.2, -0.15) is 18.4 Å². The lowest BCUT2D eigenvalue weighted by Gasteiger charge is -2.37. The van der Waals surface area contributed by atoms with Crippen molar-refractivity contribution < 1.29 is 26.4 Å². The van der Waals surface area contributed by atoms with Gasteiger partial charge >= 0.3 is 6.18 Å². The maximum Gasteiger partial charge on any atom is 0.408 e. The zero-order valence-corrected chi connectivity index (χ0v) is 20.4. The second kappa shape index (κ2) is 10.8. The molecule has 2 N–H and O–H groups in total. The summed E-state index contributed by atoms with van der Waals surface area (Å²) in [7, 11) is -3.48. The van der Waals surface area contributed by atoms with Gasteiger partial charge in [0.25, 0.3) is 0 Å². The van der Waals surface area contributed by atoms with Crippen LogP contribution in [0.4, 0.5) is 13.2 Å². The molecule has 11 heteroatoms. The lowest BCUT2D eigenvalue weighted by Crippen LogP contribution is -2.51. The average Bonchev–Trinajstić information content (AvgIpc) is 2.70.